The predicted molar refractivity (Wildman–Crippen MR) is 81.7 cm³/mol. The lowest BCUT2D eigenvalue weighted by Gasteiger charge is -2.10. The van der Waals surface area contributed by atoms with Crippen molar-refractivity contribution >= 4 is 32.4 Å². The highest BCUT2D eigenvalue weighted by atomic mass is 79.9. The second-order valence-corrected chi connectivity index (χ2v) is 6.27. The van der Waals surface area contributed by atoms with Gasteiger partial charge < -0.3 is 10.5 Å². The van der Waals surface area contributed by atoms with Gasteiger partial charge in [-0.15, -0.1) is 0 Å². The zero-order valence-electron chi connectivity index (χ0n) is 10.4. The van der Waals surface area contributed by atoms with Gasteiger partial charge in [-0.1, -0.05) is 12.1 Å². The highest BCUT2D eigenvalue weighted by molar-refractivity contribution is 9.10. The van der Waals surface area contributed by atoms with Gasteiger partial charge in [0.05, 0.1) is 28.6 Å². The van der Waals surface area contributed by atoms with Crippen LogP contribution in [0.4, 0.5) is 5.69 Å². The molecule has 2 aromatic carbocycles. The Balaban J connectivity index is 2.29. The van der Waals surface area contributed by atoms with Crippen molar-refractivity contribution in [3.63, 3.8) is 0 Å². The Morgan fingerprint density at radius 3 is 2.68 bits per heavy atom. The molecule has 0 heterocycles. The van der Waals surface area contributed by atoms with Crippen LogP contribution < -0.4 is 10.5 Å². The first-order valence-electron chi connectivity index (χ1n) is 5.67. The summed E-state index contributed by atoms with van der Waals surface area (Å²) in [6.07, 6.45) is 0. The Bertz CT molecular complexity index is 616. The molecule has 2 N–H and O–H groups in total. The van der Waals surface area contributed by atoms with Crippen molar-refractivity contribution in [2.45, 2.75) is 10.6 Å². The second kappa shape index (κ2) is 6.21. The van der Waals surface area contributed by atoms with Gasteiger partial charge in [0.1, 0.15) is 5.75 Å². The third kappa shape index (κ3) is 3.36. The normalized spacial score (nSPS) is 12.1. The van der Waals surface area contributed by atoms with E-state index in [0.29, 0.717) is 17.2 Å². The molecule has 0 aromatic heterocycles. The Labute approximate surface area is 123 Å². The third-order valence-corrected chi connectivity index (χ3v) is 5.05. The maximum absolute atomic E-state index is 12.4. The molecule has 0 aliphatic carbocycles. The molecule has 5 heteroatoms. The highest BCUT2D eigenvalue weighted by Crippen LogP contribution is 2.27. The quantitative estimate of drug-likeness (QED) is 0.869. The number of anilines is 1. The molecule has 0 saturated heterocycles. The summed E-state index contributed by atoms with van der Waals surface area (Å²) in [5.74, 6) is 1.08. The minimum absolute atomic E-state index is 0.372. The predicted octanol–water partition coefficient (Wildman–Crippen LogP) is 3.35. The molecule has 0 fully saturated rings. The molecule has 2 rings (SSSR count). The molecule has 1 atom stereocenters. The summed E-state index contributed by atoms with van der Waals surface area (Å²) in [5, 5.41) is 0. The van der Waals surface area contributed by atoms with Crippen molar-refractivity contribution in [3.05, 3.63) is 52.5 Å². The van der Waals surface area contributed by atoms with Crippen LogP contribution in [0.15, 0.2) is 51.8 Å². The zero-order valence-corrected chi connectivity index (χ0v) is 12.8. The molecule has 19 heavy (non-hydrogen) atoms. The molecule has 0 spiro atoms. The van der Waals surface area contributed by atoms with Crippen molar-refractivity contribution < 1.29 is 8.95 Å². The van der Waals surface area contributed by atoms with Gasteiger partial charge in [-0.05, 0) is 46.3 Å². The van der Waals surface area contributed by atoms with E-state index in [2.05, 4.69) is 15.9 Å². The van der Waals surface area contributed by atoms with Crippen LogP contribution in [0.2, 0.25) is 0 Å². The molecule has 3 nitrogen and oxygen atoms in total. The topological polar surface area (TPSA) is 52.3 Å². The summed E-state index contributed by atoms with van der Waals surface area (Å²) < 4.78 is 18.5. The van der Waals surface area contributed by atoms with Crippen molar-refractivity contribution in [1.82, 2.24) is 0 Å². The number of benzene rings is 2. The fourth-order valence-electron chi connectivity index (χ4n) is 1.76. The average Bonchev–Trinajstić information content (AvgIpc) is 2.39. The van der Waals surface area contributed by atoms with Crippen molar-refractivity contribution in [3.8, 4) is 5.75 Å². The average molecular weight is 340 g/mol. The van der Waals surface area contributed by atoms with E-state index in [1.165, 1.54) is 0 Å². The summed E-state index contributed by atoms with van der Waals surface area (Å²) in [7, 11) is 0.445. The van der Waals surface area contributed by atoms with Crippen molar-refractivity contribution in [1.29, 1.82) is 0 Å². The van der Waals surface area contributed by atoms with Crippen LogP contribution in [0, 0.1) is 0 Å². The lowest BCUT2D eigenvalue weighted by atomic mass is 10.2. The van der Waals surface area contributed by atoms with E-state index >= 15 is 0 Å². The number of nitrogens with two attached hydrogens (primary N) is 1. The van der Waals surface area contributed by atoms with Crippen LogP contribution in [0.1, 0.15) is 5.56 Å². The lowest BCUT2D eigenvalue weighted by Crippen LogP contribution is -2.01. The van der Waals surface area contributed by atoms with E-state index in [1.807, 2.05) is 24.3 Å². The van der Waals surface area contributed by atoms with Gasteiger partial charge >= 0.3 is 0 Å². The third-order valence-electron chi connectivity index (χ3n) is 2.67. The molecule has 1 unspecified atom stereocenters. The van der Waals surface area contributed by atoms with E-state index in [-0.39, 0.29) is 0 Å². The number of hydrogen-bond donors (Lipinski definition) is 1. The van der Waals surface area contributed by atoms with Gasteiger partial charge in [0, 0.05) is 15.7 Å². The van der Waals surface area contributed by atoms with E-state index in [1.54, 1.807) is 25.3 Å². The van der Waals surface area contributed by atoms with E-state index < -0.39 is 10.8 Å². The van der Waals surface area contributed by atoms with Crippen molar-refractivity contribution in [2.75, 3.05) is 12.8 Å². The summed E-state index contributed by atoms with van der Waals surface area (Å²) in [6, 6.07) is 12.8. The highest BCUT2D eigenvalue weighted by Gasteiger charge is 2.12. The Morgan fingerprint density at radius 2 is 2.00 bits per heavy atom. The number of ether oxygens (including phenoxy) is 1. The van der Waals surface area contributed by atoms with Gasteiger partial charge in [-0.25, -0.2) is 0 Å². The van der Waals surface area contributed by atoms with Crippen LogP contribution in [0.3, 0.4) is 0 Å². The van der Waals surface area contributed by atoms with Gasteiger partial charge in [0.2, 0.25) is 0 Å². The number of rotatable bonds is 4. The monoisotopic (exact) mass is 339 g/mol. The fraction of sp³-hybridized carbons (Fsp3) is 0.143. The Morgan fingerprint density at radius 1 is 1.26 bits per heavy atom. The van der Waals surface area contributed by atoms with Crippen LogP contribution >= 0.6 is 15.9 Å². The molecular weight excluding hydrogens is 326 g/mol. The molecule has 0 bridgehead atoms. The van der Waals surface area contributed by atoms with Gasteiger partial charge in [-0.3, -0.25) is 4.21 Å². The fourth-order valence-corrected chi connectivity index (χ4v) is 3.77. The van der Waals surface area contributed by atoms with Crippen molar-refractivity contribution in [2.24, 2.45) is 0 Å². The number of methoxy groups -OCH3 is 1. The van der Waals surface area contributed by atoms with Crippen LogP contribution in [0.25, 0.3) is 0 Å². The smallest absolute Gasteiger partial charge is 0.123 e. The molecule has 0 aliphatic heterocycles. The zero-order chi connectivity index (χ0) is 13.8. The minimum Gasteiger partial charge on any atom is -0.496 e. The molecule has 100 valence electrons. The van der Waals surface area contributed by atoms with E-state index in [9.17, 15) is 4.21 Å². The molecule has 0 aliphatic rings. The molecule has 0 radical (unpaired) electrons. The Kier molecular flexibility index (Phi) is 4.61. The van der Waals surface area contributed by atoms with E-state index in [4.69, 9.17) is 10.5 Å². The summed E-state index contributed by atoms with van der Waals surface area (Å²) in [4.78, 5) is 0.770. The van der Waals surface area contributed by atoms with Gasteiger partial charge in [0.15, 0.2) is 0 Å². The first-order chi connectivity index (χ1) is 9.11. The van der Waals surface area contributed by atoms with E-state index in [0.717, 1.165) is 14.9 Å². The summed E-state index contributed by atoms with van der Waals surface area (Å²) in [5.41, 5.74) is 7.25. The Hall–Kier alpha value is -1.33. The van der Waals surface area contributed by atoms with Crippen LogP contribution in [-0.2, 0) is 16.6 Å². The van der Waals surface area contributed by atoms with Crippen LogP contribution in [-0.4, -0.2) is 11.3 Å². The second-order valence-electron chi connectivity index (χ2n) is 3.99. The maximum Gasteiger partial charge on any atom is 0.123 e. The molecule has 0 saturated carbocycles. The number of hydrogen-bond acceptors (Lipinski definition) is 3. The van der Waals surface area contributed by atoms with Gasteiger partial charge in [0.25, 0.3) is 0 Å². The standard InChI is InChI=1S/C14H14BrNO2S/c1-18-13-7-6-11(16)8-10(13)9-19(17)14-5-3-2-4-12(14)15/h2-8H,9,16H2,1H3. The maximum atomic E-state index is 12.4. The first kappa shape index (κ1) is 14.1. The number of halogens is 1. The van der Waals surface area contributed by atoms with Crippen LogP contribution in [0.5, 0.6) is 5.75 Å². The summed E-state index contributed by atoms with van der Waals surface area (Å²) >= 11 is 3.41. The first-order valence-corrected chi connectivity index (χ1v) is 7.78. The number of nitrogen functional groups attached to an aromatic ring is 1. The SMILES string of the molecule is COc1ccc(N)cc1CS(=O)c1ccccc1Br. The molecular formula is C14H14BrNO2S. The summed E-state index contributed by atoms with van der Waals surface area (Å²) in [6.45, 7) is 0. The lowest BCUT2D eigenvalue weighted by molar-refractivity contribution is 0.411. The molecule has 0 amide bonds. The minimum atomic E-state index is -1.15. The largest absolute Gasteiger partial charge is 0.496 e. The molecule has 2 aromatic rings. The van der Waals surface area contributed by atoms with Gasteiger partial charge in [-0.2, -0.15) is 0 Å².